The third-order valence-corrected chi connectivity index (χ3v) is 4.41. The van der Waals surface area contributed by atoms with Crippen molar-refractivity contribution in [2.45, 2.75) is 25.3 Å². The van der Waals surface area contributed by atoms with Gasteiger partial charge in [-0.05, 0) is 25.2 Å². The van der Waals surface area contributed by atoms with Crippen LogP contribution in [0, 0.1) is 5.92 Å². The van der Waals surface area contributed by atoms with Gasteiger partial charge in [0.05, 0.1) is 0 Å². The second-order valence-corrected chi connectivity index (χ2v) is 5.49. The van der Waals surface area contributed by atoms with E-state index in [1.807, 2.05) is 4.90 Å². The zero-order valence-electron chi connectivity index (χ0n) is 9.13. The number of carbonyl (C=O) groups is 2. The maximum Gasteiger partial charge on any atom is 0.355 e. The summed E-state index contributed by atoms with van der Waals surface area (Å²) in [5.41, 5.74) is -0.0392. The van der Waals surface area contributed by atoms with Crippen LogP contribution >= 0.6 is 11.3 Å². The number of carboxylic acids is 1. The highest BCUT2D eigenvalue weighted by molar-refractivity contribution is 7.11. The van der Waals surface area contributed by atoms with Crippen molar-refractivity contribution in [3.05, 3.63) is 16.1 Å². The van der Waals surface area contributed by atoms with E-state index in [-0.39, 0.29) is 11.6 Å². The molecular formula is C11H12N2O3S. The number of fused-ring (bicyclic) bond motifs is 2. The first-order chi connectivity index (χ1) is 8.15. The van der Waals surface area contributed by atoms with Crippen LogP contribution in [0.2, 0.25) is 0 Å². The molecule has 1 aliphatic heterocycles. The van der Waals surface area contributed by atoms with Crippen molar-refractivity contribution in [2.75, 3.05) is 6.54 Å². The fraction of sp³-hybridized carbons (Fsp3) is 0.545. The molecule has 2 aliphatic rings. The number of nitrogens with zero attached hydrogens (tertiary/aromatic N) is 2. The highest BCUT2D eigenvalue weighted by Gasteiger charge is 2.41. The average Bonchev–Trinajstić information content (AvgIpc) is 3.03. The lowest BCUT2D eigenvalue weighted by Gasteiger charge is -2.25. The van der Waals surface area contributed by atoms with E-state index < -0.39 is 5.97 Å². The largest absolute Gasteiger partial charge is 0.476 e. The maximum atomic E-state index is 12.2. The van der Waals surface area contributed by atoms with Gasteiger partial charge in [0, 0.05) is 18.0 Å². The first-order valence-corrected chi connectivity index (χ1v) is 6.53. The summed E-state index contributed by atoms with van der Waals surface area (Å²) in [4.78, 5) is 28.6. The second kappa shape index (κ2) is 3.80. The molecule has 1 saturated carbocycles. The van der Waals surface area contributed by atoms with Crippen LogP contribution in [-0.4, -0.2) is 39.5 Å². The number of aromatic nitrogens is 1. The topological polar surface area (TPSA) is 70.5 Å². The molecule has 90 valence electrons. The molecule has 17 heavy (non-hydrogen) atoms. The van der Waals surface area contributed by atoms with E-state index in [1.165, 1.54) is 11.8 Å². The van der Waals surface area contributed by atoms with Gasteiger partial charge in [0.1, 0.15) is 0 Å². The Bertz CT molecular complexity index is 485. The molecule has 6 heteroatoms. The molecule has 2 bridgehead atoms. The van der Waals surface area contributed by atoms with Crippen molar-refractivity contribution < 1.29 is 14.7 Å². The molecule has 1 N–H and O–H groups in total. The number of piperidine rings is 1. The average molecular weight is 252 g/mol. The highest BCUT2D eigenvalue weighted by Crippen LogP contribution is 2.38. The van der Waals surface area contributed by atoms with Crippen LogP contribution in [0.4, 0.5) is 0 Å². The Kier molecular flexibility index (Phi) is 2.39. The monoisotopic (exact) mass is 252 g/mol. The van der Waals surface area contributed by atoms with Gasteiger partial charge in [-0.2, -0.15) is 0 Å². The van der Waals surface area contributed by atoms with Gasteiger partial charge in [-0.15, -0.1) is 11.3 Å². The predicted octanol–water partition coefficient (Wildman–Crippen LogP) is 1.47. The minimum absolute atomic E-state index is 0.0392. The van der Waals surface area contributed by atoms with Crippen molar-refractivity contribution >= 4 is 23.2 Å². The first-order valence-electron chi connectivity index (χ1n) is 5.65. The molecule has 2 unspecified atom stereocenters. The van der Waals surface area contributed by atoms with Gasteiger partial charge >= 0.3 is 5.97 Å². The van der Waals surface area contributed by atoms with Crippen LogP contribution in [0.25, 0.3) is 0 Å². The number of amides is 1. The van der Waals surface area contributed by atoms with E-state index in [0.717, 1.165) is 30.7 Å². The van der Waals surface area contributed by atoms with Crippen LogP contribution in [-0.2, 0) is 0 Å². The minimum atomic E-state index is -1.08. The van der Waals surface area contributed by atoms with Gasteiger partial charge in [-0.3, -0.25) is 4.79 Å². The van der Waals surface area contributed by atoms with E-state index >= 15 is 0 Å². The summed E-state index contributed by atoms with van der Waals surface area (Å²) in [6, 6.07) is 0.352. The number of hydrogen-bond acceptors (Lipinski definition) is 4. The summed E-state index contributed by atoms with van der Waals surface area (Å²) in [5.74, 6) is -0.541. The van der Waals surface area contributed by atoms with Crippen molar-refractivity contribution in [2.24, 2.45) is 5.92 Å². The molecule has 1 aromatic rings. The molecule has 0 spiro atoms. The van der Waals surface area contributed by atoms with Crippen molar-refractivity contribution in [1.82, 2.24) is 9.88 Å². The Labute approximate surface area is 102 Å². The summed E-state index contributed by atoms with van der Waals surface area (Å²) in [6.07, 6.45) is 3.39. The summed E-state index contributed by atoms with van der Waals surface area (Å²) >= 11 is 1.12. The van der Waals surface area contributed by atoms with E-state index in [1.54, 1.807) is 0 Å². The van der Waals surface area contributed by atoms with Crippen LogP contribution in [0.3, 0.4) is 0 Å². The molecule has 3 rings (SSSR count). The number of carboxylic acid groups (broad SMARTS) is 1. The lowest BCUT2D eigenvalue weighted by Crippen LogP contribution is -2.37. The molecule has 0 aromatic carbocycles. The molecule has 1 aromatic heterocycles. The van der Waals surface area contributed by atoms with Crippen LogP contribution in [0.15, 0.2) is 5.38 Å². The number of aromatic carboxylic acids is 1. The summed E-state index contributed by atoms with van der Waals surface area (Å²) in [7, 11) is 0. The Morgan fingerprint density at radius 2 is 2.29 bits per heavy atom. The van der Waals surface area contributed by atoms with Crippen LogP contribution < -0.4 is 0 Å². The molecule has 2 atom stereocenters. The molecule has 0 radical (unpaired) electrons. The Balaban J connectivity index is 1.79. The second-order valence-electron chi connectivity index (χ2n) is 4.63. The Hall–Kier alpha value is -1.43. The number of likely N-dealkylation sites (tertiary alicyclic amines) is 1. The number of hydrogen-bond donors (Lipinski definition) is 1. The quantitative estimate of drug-likeness (QED) is 0.865. The lowest BCUT2D eigenvalue weighted by molar-refractivity contribution is 0.0690. The normalized spacial score (nSPS) is 26.5. The maximum absolute atomic E-state index is 12.2. The smallest absolute Gasteiger partial charge is 0.355 e. The molecular weight excluding hydrogens is 240 g/mol. The predicted molar refractivity (Wildman–Crippen MR) is 61.2 cm³/mol. The van der Waals surface area contributed by atoms with Gasteiger partial charge < -0.3 is 10.0 Å². The fourth-order valence-electron chi connectivity index (χ4n) is 2.77. The standard InChI is InChI=1S/C11H12N2O3S/c14-10(9-12-8(5-17-9)11(15)16)13-4-6-1-2-7(13)3-6/h5-7H,1-4H2,(H,15,16). The molecule has 2 heterocycles. The zero-order chi connectivity index (χ0) is 12.0. The Morgan fingerprint density at radius 1 is 1.47 bits per heavy atom. The van der Waals surface area contributed by atoms with Crippen molar-refractivity contribution in [3.8, 4) is 0 Å². The molecule has 1 aliphatic carbocycles. The molecule has 1 amide bonds. The van der Waals surface area contributed by atoms with E-state index in [9.17, 15) is 9.59 Å². The van der Waals surface area contributed by atoms with Gasteiger partial charge in [-0.25, -0.2) is 9.78 Å². The minimum Gasteiger partial charge on any atom is -0.476 e. The molecule has 5 nitrogen and oxygen atoms in total. The van der Waals surface area contributed by atoms with Gasteiger partial charge in [0.2, 0.25) is 0 Å². The number of rotatable bonds is 2. The number of carbonyl (C=O) groups excluding carboxylic acids is 1. The van der Waals surface area contributed by atoms with Crippen molar-refractivity contribution in [1.29, 1.82) is 0 Å². The SMILES string of the molecule is O=C(O)c1csc(C(=O)N2CC3CCC2C3)n1. The number of thiazole rings is 1. The van der Waals surface area contributed by atoms with E-state index in [4.69, 9.17) is 5.11 Å². The fourth-order valence-corrected chi connectivity index (χ4v) is 3.51. The van der Waals surface area contributed by atoms with E-state index in [0.29, 0.717) is 17.0 Å². The molecule has 2 fully saturated rings. The third-order valence-electron chi connectivity index (χ3n) is 3.58. The van der Waals surface area contributed by atoms with Gasteiger partial charge in [0.15, 0.2) is 10.7 Å². The lowest BCUT2D eigenvalue weighted by atomic mass is 10.1. The third kappa shape index (κ3) is 1.72. The van der Waals surface area contributed by atoms with E-state index in [2.05, 4.69) is 4.98 Å². The Morgan fingerprint density at radius 3 is 2.82 bits per heavy atom. The van der Waals surface area contributed by atoms with Crippen LogP contribution in [0.1, 0.15) is 39.6 Å². The zero-order valence-corrected chi connectivity index (χ0v) is 9.94. The van der Waals surface area contributed by atoms with Gasteiger partial charge in [0.25, 0.3) is 5.91 Å². The van der Waals surface area contributed by atoms with Crippen molar-refractivity contribution in [3.63, 3.8) is 0 Å². The highest BCUT2D eigenvalue weighted by atomic mass is 32.1. The summed E-state index contributed by atoms with van der Waals surface area (Å²) in [5, 5.41) is 10.5. The summed E-state index contributed by atoms with van der Waals surface area (Å²) < 4.78 is 0. The van der Waals surface area contributed by atoms with Gasteiger partial charge in [-0.1, -0.05) is 0 Å². The first kappa shape index (κ1) is 10.7. The van der Waals surface area contributed by atoms with Crippen LogP contribution in [0.5, 0.6) is 0 Å². The molecule has 1 saturated heterocycles. The summed E-state index contributed by atoms with van der Waals surface area (Å²) in [6.45, 7) is 0.811.